The first-order chi connectivity index (χ1) is 7.52. The van der Waals surface area contributed by atoms with Gasteiger partial charge in [0.05, 0.1) is 0 Å². The second kappa shape index (κ2) is 3.93. The Morgan fingerprint density at radius 3 is 2.69 bits per heavy atom. The molecular weight excluding hydrogens is 238 g/mol. The second-order valence-corrected chi connectivity index (χ2v) is 3.67. The molecule has 6 heteroatoms. The van der Waals surface area contributed by atoms with Crippen LogP contribution in [0.5, 0.6) is 11.5 Å². The van der Waals surface area contributed by atoms with Gasteiger partial charge in [0.1, 0.15) is 0 Å². The van der Waals surface area contributed by atoms with E-state index in [-0.39, 0.29) is 23.7 Å². The van der Waals surface area contributed by atoms with Crippen molar-refractivity contribution in [3.05, 3.63) is 23.8 Å². The van der Waals surface area contributed by atoms with Crippen molar-refractivity contribution in [3.63, 3.8) is 0 Å². The van der Waals surface area contributed by atoms with Crippen LogP contribution in [0.3, 0.4) is 0 Å². The lowest BCUT2D eigenvalue weighted by Gasteiger charge is -2.04. The molecule has 16 heavy (non-hydrogen) atoms. The van der Waals surface area contributed by atoms with Crippen LogP contribution in [0.15, 0.2) is 18.2 Å². The Kier molecular flexibility index (Phi) is 2.75. The van der Waals surface area contributed by atoms with E-state index in [1.165, 1.54) is 18.2 Å². The summed E-state index contributed by atoms with van der Waals surface area (Å²) >= 11 is 3.92. The molecule has 0 fully saturated rings. The summed E-state index contributed by atoms with van der Waals surface area (Å²) in [5, 5.41) is 0. The lowest BCUT2D eigenvalue weighted by Crippen LogP contribution is -2.25. The highest BCUT2D eigenvalue weighted by atomic mass is 32.1. The number of alkyl halides is 2. The van der Waals surface area contributed by atoms with Crippen molar-refractivity contribution in [1.82, 2.24) is 0 Å². The van der Waals surface area contributed by atoms with Crippen molar-refractivity contribution < 1.29 is 23.0 Å². The zero-order valence-corrected chi connectivity index (χ0v) is 8.97. The summed E-state index contributed by atoms with van der Waals surface area (Å²) in [6.07, 6.45) is -3.40. The van der Waals surface area contributed by atoms with Crippen LogP contribution in [-0.4, -0.2) is 17.8 Å². The maximum atomic E-state index is 12.7. The van der Waals surface area contributed by atoms with Crippen LogP contribution in [-0.2, 0) is 0 Å². The molecule has 2 rings (SSSR count). The molecule has 0 aromatic heterocycles. The van der Waals surface area contributed by atoms with E-state index in [1.807, 2.05) is 0 Å². The van der Waals surface area contributed by atoms with Gasteiger partial charge >= 0.3 is 6.29 Å². The number of rotatable bonds is 3. The molecule has 0 bridgehead atoms. The summed E-state index contributed by atoms with van der Waals surface area (Å²) in [5.74, 6) is 0.0581. The molecule has 0 atom stereocenters. The first-order valence-corrected chi connectivity index (χ1v) is 5.19. The van der Waals surface area contributed by atoms with Crippen molar-refractivity contribution in [3.8, 4) is 11.5 Å². The molecule has 0 N–H and O–H groups in total. The number of Topliss-reactive ketones (excluding diaryl/α,β-unsaturated/α-hetero) is 1. The SMILES string of the molecule is O=C(CCS)c1ccc2c(c1)OC(F)(F)O2. The van der Waals surface area contributed by atoms with Gasteiger partial charge < -0.3 is 9.47 Å². The largest absolute Gasteiger partial charge is 0.586 e. The topological polar surface area (TPSA) is 35.5 Å². The molecule has 0 spiro atoms. The minimum absolute atomic E-state index is 0.0626. The molecule has 0 unspecified atom stereocenters. The fraction of sp³-hybridized carbons (Fsp3) is 0.300. The number of ketones is 1. The smallest absolute Gasteiger partial charge is 0.395 e. The zero-order chi connectivity index (χ0) is 11.8. The molecule has 1 aromatic carbocycles. The van der Waals surface area contributed by atoms with E-state index in [0.717, 1.165) is 0 Å². The van der Waals surface area contributed by atoms with E-state index < -0.39 is 6.29 Å². The number of carbonyl (C=O) groups is 1. The van der Waals surface area contributed by atoms with Gasteiger partial charge in [0.2, 0.25) is 0 Å². The quantitative estimate of drug-likeness (QED) is 0.657. The standard InChI is InChI=1S/C10H8F2O3S/c11-10(12)14-8-2-1-6(5-9(8)15-10)7(13)3-4-16/h1-2,5,16H,3-4H2. The molecule has 3 nitrogen and oxygen atoms in total. The maximum Gasteiger partial charge on any atom is 0.586 e. The van der Waals surface area contributed by atoms with E-state index in [4.69, 9.17) is 0 Å². The second-order valence-electron chi connectivity index (χ2n) is 3.23. The van der Waals surface area contributed by atoms with Gasteiger partial charge in [0.25, 0.3) is 0 Å². The fourth-order valence-electron chi connectivity index (χ4n) is 1.37. The first kappa shape index (κ1) is 11.2. The maximum absolute atomic E-state index is 12.7. The fourth-order valence-corrected chi connectivity index (χ4v) is 1.57. The Hall–Kier alpha value is -1.30. The first-order valence-electron chi connectivity index (χ1n) is 4.56. The molecule has 0 radical (unpaired) electrons. The highest BCUT2D eigenvalue weighted by molar-refractivity contribution is 7.80. The van der Waals surface area contributed by atoms with Crippen LogP contribution in [0, 0.1) is 0 Å². The molecule has 0 amide bonds. The average molecular weight is 246 g/mol. The molecule has 0 saturated heterocycles. The lowest BCUT2D eigenvalue weighted by atomic mass is 10.1. The average Bonchev–Trinajstić information content (AvgIpc) is 2.50. The Balaban J connectivity index is 2.26. The van der Waals surface area contributed by atoms with Crippen molar-refractivity contribution in [1.29, 1.82) is 0 Å². The van der Waals surface area contributed by atoms with E-state index in [0.29, 0.717) is 11.3 Å². The predicted molar refractivity (Wildman–Crippen MR) is 55.4 cm³/mol. The van der Waals surface area contributed by atoms with Gasteiger partial charge in [-0.1, -0.05) is 0 Å². The number of carbonyl (C=O) groups excluding carboxylic acids is 1. The lowest BCUT2D eigenvalue weighted by molar-refractivity contribution is -0.286. The summed E-state index contributed by atoms with van der Waals surface area (Å²) in [6.45, 7) is 0. The summed E-state index contributed by atoms with van der Waals surface area (Å²) in [4.78, 5) is 11.5. The van der Waals surface area contributed by atoms with Gasteiger partial charge in [-0.05, 0) is 24.0 Å². The number of fused-ring (bicyclic) bond motifs is 1. The van der Waals surface area contributed by atoms with Crippen LogP contribution in [0.1, 0.15) is 16.8 Å². The summed E-state index contributed by atoms with van der Waals surface area (Å²) in [7, 11) is 0. The van der Waals surface area contributed by atoms with Gasteiger partial charge in [-0.15, -0.1) is 8.78 Å². The minimum Gasteiger partial charge on any atom is -0.395 e. The third-order valence-electron chi connectivity index (χ3n) is 2.06. The summed E-state index contributed by atoms with van der Waals surface area (Å²) < 4.78 is 33.8. The normalized spacial score (nSPS) is 16.2. The zero-order valence-electron chi connectivity index (χ0n) is 8.07. The van der Waals surface area contributed by atoms with Gasteiger partial charge in [0, 0.05) is 12.0 Å². The van der Waals surface area contributed by atoms with Gasteiger partial charge in [-0.3, -0.25) is 4.79 Å². The Morgan fingerprint density at radius 1 is 1.31 bits per heavy atom. The highest BCUT2D eigenvalue weighted by Crippen LogP contribution is 2.41. The van der Waals surface area contributed by atoms with Crippen LogP contribution >= 0.6 is 12.6 Å². The number of halogens is 2. The van der Waals surface area contributed by atoms with Gasteiger partial charge in [-0.2, -0.15) is 12.6 Å². The van der Waals surface area contributed by atoms with E-state index >= 15 is 0 Å². The number of hydrogen-bond donors (Lipinski definition) is 1. The Labute approximate surface area is 95.8 Å². The molecule has 1 heterocycles. The van der Waals surface area contributed by atoms with Crippen LogP contribution in [0.4, 0.5) is 8.78 Å². The third kappa shape index (κ3) is 2.11. The molecule has 0 aliphatic carbocycles. The number of thiol groups is 1. The Morgan fingerprint density at radius 2 is 2.00 bits per heavy atom. The molecule has 0 saturated carbocycles. The van der Waals surface area contributed by atoms with Crippen LogP contribution in [0.2, 0.25) is 0 Å². The molecular formula is C10H8F2O3S. The van der Waals surface area contributed by atoms with Crippen molar-refractivity contribution in [2.75, 3.05) is 5.75 Å². The van der Waals surface area contributed by atoms with Gasteiger partial charge in [-0.25, -0.2) is 0 Å². The molecule has 1 aliphatic heterocycles. The predicted octanol–water partition coefficient (Wildman–Crippen LogP) is 2.51. The highest BCUT2D eigenvalue weighted by Gasteiger charge is 2.43. The van der Waals surface area contributed by atoms with Crippen LogP contribution in [0.25, 0.3) is 0 Å². The van der Waals surface area contributed by atoms with Crippen molar-refractivity contribution >= 4 is 18.4 Å². The molecule has 1 aliphatic rings. The molecule has 86 valence electrons. The third-order valence-corrected chi connectivity index (χ3v) is 2.29. The van der Waals surface area contributed by atoms with E-state index in [9.17, 15) is 13.6 Å². The molecule has 1 aromatic rings. The number of benzene rings is 1. The summed E-state index contributed by atoms with van der Waals surface area (Å²) in [5.41, 5.74) is 0.314. The van der Waals surface area contributed by atoms with Crippen molar-refractivity contribution in [2.45, 2.75) is 12.7 Å². The summed E-state index contributed by atoms with van der Waals surface area (Å²) in [6, 6.07) is 3.97. The number of hydrogen-bond acceptors (Lipinski definition) is 4. The van der Waals surface area contributed by atoms with E-state index in [2.05, 4.69) is 22.1 Å². The van der Waals surface area contributed by atoms with E-state index in [1.54, 1.807) is 0 Å². The minimum atomic E-state index is -3.65. The van der Waals surface area contributed by atoms with Crippen LogP contribution < -0.4 is 9.47 Å². The van der Waals surface area contributed by atoms with Crippen molar-refractivity contribution in [2.24, 2.45) is 0 Å². The monoisotopic (exact) mass is 246 g/mol. The Bertz CT molecular complexity index is 434. The van der Waals surface area contributed by atoms with Gasteiger partial charge in [0.15, 0.2) is 17.3 Å². The number of ether oxygens (including phenoxy) is 2.